The maximum Gasteiger partial charge on any atom is 0.0132 e. The summed E-state index contributed by atoms with van der Waals surface area (Å²) in [6, 6.07) is 5.42. The van der Waals surface area contributed by atoms with Crippen LogP contribution in [0.3, 0.4) is 0 Å². The molecule has 2 nitrogen and oxygen atoms in total. The standard InChI is InChI=1S/C56H94N2/c1-37-11-19-41(20-12-37)21-22-42-23-31-46(32-24-42)58(45-29-17-40(4)18-30-45)54-36-34-50-49-33-35-53(51-9-5-7-47(55(49)51)48-8-6-10-52(54)56(48)50)57(43-25-13-38(2)14-26-43)44-27-15-39(3)16-28-44/h21-22,37-56H,5-20,23-36H2,1-4H3/b22-21+. The van der Waals surface area contributed by atoms with E-state index in [1.165, 1.54) is 128 Å². The molecule has 10 unspecified atom stereocenters. The van der Waals surface area contributed by atoms with Crippen LogP contribution in [0.2, 0.25) is 0 Å². The van der Waals surface area contributed by atoms with Gasteiger partial charge in [-0.25, -0.2) is 0 Å². The summed E-state index contributed by atoms with van der Waals surface area (Å²) >= 11 is 0. The van der Waals surface area contributed by atoms with Gasteiger partial charge in [0.05, 0.1) is 0 Å². The van der Waals surface area contributed by atoms with Crippen molar-refractivity contribution in [3.8, 4) is 0 Å². The van der Waals surface area contributed by atoms with E-state index in [0.29, 0.717) is 0 Å². The van der Waals surface area contributed by atoms with Crippen molar-refractivity contribution in [2.75, 3.05) is 0 Å². The Morgan fingerprint density at radius 2 is 0.552 bits per heavy atom. The first-order valence-corrected chi connectivity index (χ1v) is 27.6. The molecule has 0 spiro atoms. The van der Waals surface area contributed by atoms with Gasteiger partial charge in [0.1, 0.15) is 0 Å². The molecule has 10 aliphatic rings. The maximum atomic E-state index is 3.41. The molecule has 10 rings (SSSR count). The Labute approximate surface area is 360 Å². The van der Waals surface area contributed by atoms with E-state index < -0.39 is 0 Å². The van der Waals surface area contributed by atoms with Crippen molar-refractivity contribution in [1.82, 2.24) is 9.80 Å². The third kappa shape index (κ3) is 8.41. The monoisotopic (exact) mass is 795 g/mol. The van der Waals surface area contributed by atoms with E-state index in [1.54, 1.807) is 64.2 Å². The molecule has 0 radical (unpaired) electrons. The van der Waals surface area contributed by atoms with Crippen LogP contribution in [0.15, 0.2) is 12.2 Å². The molecular formula is C56H94N2. The highest BCUT2D eigenvalue weighted by atomic mass is 15.2. The smallest absolute Gasteiger partial charge is 0.0132 e. The average Bonchev–Trinajstić information content (AvgIpc) is 3.26. The number of hydrogen-bond donors (Lipinski definition) is 0. The number of rotatable bonds is 8. The van der Waals surface area contributed by atoms with Gasteiger partial charge < -0.3 is 0 Å². The fraction of sp³-hybridized carbons (Fsp3) is 0.964. The van der Waals surface area contributed by atoms with Crippen LogP contribution in [-0.4, -0.2) is 46.1 Å². The second-order valence-corrected chi connectivity index (χ2v) is 24.9. The second kappa shape index (κ2) is 18.4. The highest BCUT2D eigenvalue weighted by Crippen LogP contribution is 2.66. The van der Waals surface area contributed by atoms with Gasteiger partial charge in [-0.15, -0.1) is 0 Å². The molecule has 0 saturated heterocycles. The molecule has 328 valence electrons. The summed E-state index contributed by atoms with van der Waals surface area (Å²) in [6.45, 7) is 10.2. The topological polar surface area (TPSA) is 6.48 Å². The van der Waals surface area contributed by atoms with E-state index in [-0.39, 0.29) is 0 Å². The Morgan fingerprint density at radius 1 is 0.276 bits per heavy atom. The maximum absolute atomic E-state index is 3.41. The van der Waals surface area contributed by atoms with Gasteiger partial charge in [0.2, 0.25) is 0 Å². The van der Waals surface area contributed by atoms with Crippen LogP contribution in [-0.2, 0) is 0 Å². The zero-order valence-corrected chi connectivity index (χ0v) is 38.8. The molecule has 10 atom stereocenters. The molecule has 0 heterocycles. The van der Waals surface area contributed by atoms with Crippen LogP contribution in [0, 0.1) is 82.9 Å². The molecule has 10 saturated carbocycles. The molecule has 0 aromatic carbocycles. The summed E-state index contributed by atoms with van der Waals surface area (Å²) in [7, 11) is 0. The molecule has 10 aliphatic carbocycles. The van der Waals surface area contributed by atoms with E-state index in [1.807, 2.05) is 0 Å². The van der Waals surface area contributed by atoms with Gasteiger partial charge in [0, 0.05) is 36.3 Å². The quantitative estimate of drug-likeness (QED) is 0.226. The van der Waals surface area contributed by atoms with Crippen molar-refractivity contribution in [2.45, 2.75) is 257 Å². The van der Waals surface area contributed by atoms with E-state index >= 15 is 0 Å². The molecule has 10 fully saturated rings. The van der Waals surface area contributed by atoms with Crippen LogP contribution in [0.1, 0.15) is 220 Å². The summed E-state index contributed by atoms with van der Waals surface area (Å²) < 4.78 is 0. The minimum atomic E-state index is 0.863. The first-order valence-electron chi connectivity index (χ1n) is 27.6. The molecule has 0 aromatic heterocycles. The molecule has 0 amide bonds. The Morgan fingerprint density at radius 3 is 0.914 bits per heavy atom. The molecule has 2 heteroatoms. The molecular weight excluding hydrogens is 701 g/mol. The van der Waals surface area contributed by atoms with Crippen molar-refractivity contribution in [3.05, 3.63) is 12.2 Å². The zero-order valence-electron chi connectivity index (χ0n) is 38.8. The largest absolute Gasteiger partial charge is 0.294 e. The number of fused-ring (bicyclic) bond motifs is 2. The molecule has 0 bridgehead atoms. The van der Waals surface area contributed by atoms with Gasteiger partial charge in [-0.3, -0.25) is 9.80 Å². The van der Waals surface area contributed by atoms with Gasteiger partial charge in [0.15, 0.2) is 0 Å². The first-order chi connectivity index (χ1) is 28.4. The van der Waals surface area contributed by atoms with Crippen molar-refractivity contribution in [1.29, 1.82) is 0 Å². The van der Waals surface area contributed by atoms with Crippen molar-refractivity contribution in [2.24, 2.45) is 82.9 Å². The summed E-state index contributed by atoms with van der Waals surface area (Å²) in [5.41, 5.74) is 0. The second-order valence-electron chi connectivity index (χ2n) is 24.9. The lowest BCUT2D eigenvalue weighted by atomic mass is 9.41. The van der Waals surface area contributed by atoms with Crippen LogP contribution in [0.5, 0.6) is 0 Å². The van der Waals surface area contributed by atoms with Gasteiger partial charge in [0.25, 0.3) is 0 Å². The van der Waals surface area contributed by atoms with Gasteiger partial charge in [-0.2, -0.15) is 0 Å². The van der Waals surface area contributed by atoms with E-state index in [4.69, 9.17) is 0 Å². The molecule has 0 aromatic rings. The van der Waals surface area contributed by atoms with E-state index in [0.717, 1.165) is 119 Å². The third-order valence-electron chi connectivity index (χ3n) is 21.7. The van der Waals surface area contributed by atoms with Crippen LogP contribution in [0.25, 0.3) is 0 Å². The Kier molecular flexibility index (Phi) is 13.2. The van der Waals surface area contributed by atoms with Crippen LogP contribution in [0.4, 0.5) is 0 Å². The van der Waals surface area contributed by atoms with Crippen molar-refractivity contribution >= 4 is 0 Å². The van der Waals surface area contributed by atoms with E-state index in [9.17, 15) is 0 Å². The third-order valence-corrected chi connectivity index (χ3v) is 21.7. The zero-order chi connectivity index (χ0) is 39.3. The lowest BCUT2D eigenvalue weighted by Gasteiger charge is -2.67. The number of allylic oxidation sites excluding steroid dienone is 2. The summed E-state index contributed by atoms with van der Waals surface area (Å²) in [6.07, 6.45) is 51.2. The number of nitrogens with zero attached hydrogens (tertiary/aromatic N) is 2. The summed E-state index contributed by atoms with van der Waals surface area (Å²) in [5.74, 6) is 14.1. The first kappa shape index (κ1) is 41.7. The Balaban J connectivity index is 0.874. The highest BCUT2D eigenvalue weighted by molar-refractivity contribution is 5.12. The molecule has 0 N–H and O–H groups in total. The molecule has 58 heavy (non-hydrogen) atoms. The normalized spacial score (nSPS) is 51.3. The minimum absolute atomic E-state index is 0.863. The Hall–Kier alpha value is -0.340. The average molecular weight is 795 g/mol. The fourth-order valence-corrected chi connectivity index (χ4v) is 18.7. The summed E-state index contributed by atoms with van der Waals surface area (Å²) in [5, 5.41) is 0. The summed E-state index contributed by atoms with van der Waals surface area (Å²) in [4.78, 5) is 6.80. The minimum Gasteiger partial charge on any atom is -0.294 e. The molecule has 0 aliphatic heterocycles. The van der Waals surface area contributed by atoms with E-state index in [2.05, 4.69) is 49.6 Å². The Bertz CT molecular complexity index is 1280. The van der Waals surface area contributed by atoms with Gasteiger partial charge in [-0.05, 0) is 250 Å². The van der Waals surface area contributed by atoms with Crippen molar-refractivity contribution in [3.63, 3.8) is 0 Å². The van der Waals surface area contributed by atoms with Crippen molar-refractivity contribution < 1.29 is 0 Å². The SMILES string of the molecule is CC1CCC(/C=C/C2CCC(N(C3CCC(C)CC3)C3CCC4C5CCC(N(C6CCC(C)CC6)C6CCC(C)CC6)C6CCCC(C7CCCC3C74)C56)CC2)CC1. The van der Waals surface area contributed by atoms with Gasteiger partial charge in [-0.1, -0.05) is 65.5 Å². The van der Waals surface area contributed by atoms with Crippen LogP contribution >= 0.6 is 0 Å². The predicted molar refractivity (Wildman–Crippen MR) is 246 cm³/mol. The lowest BCUT2D eigenvalue weighted by molar-refractivity contribution is -0.179. The van der Waals surface area contributed by atoms with Crippen LogP contribution < -0.4 is 0 Å². The predicted octanol–water partition coefficient (Wildman–Crippen LogP) is 14.9. The lowest BCUT2D eigenvalue weighted by Crippen LogP contribution is -2.65. The fourth-order valence-electron chi connectivity index (χ4n) is 18.7. The number of hydrogen-bond acceptors (Lipinski definition) is 2. The van der Waals surface area contributed by atoms with Gasteiger partial charge >= 0.3 is 0 Å². The highest BCUT2D eigenvalue weighted by Gasteiger charge is 2.62.